The maximum absolute atomic E-state index is 13.3. The Morgan fingerprint density at radius 3 is 1.33 bits per heavy atom. The summed E-state index contributed by atoms with van der Waals surface area (Å²) < 4.78 is 32.7. The number of carbonyl (C=O) groups is 3. The number of rotatable bonds is 30. The standard InChI is InChI=1S/C27H45NO5.C27H43NO5/c2*1-19(2)22(12-9-10-13-23(20(3)4)27(30)28(5)6)26(29)21-14-15-24(32-8)25(18-21)33-17-11-16-31-7/h9-10,14-15,18-20,22-23,26,29H,11-13,16-17H2,1-8H3;9-10,14-15,18-20,22-23H,11-13,16-17H2,1-8H3/b2*10-9+/t22-,23-,26?;22-,23-/m00/s1. The molecule has 2 rings (SSSR count). The first-order chi connectivity index (χ1) is 31.3. The van der Waals surface area contributed by atoms with Gasteiger partial charge in [0.2, 0.25) is 11.8 Å². The largest absolute Gasteiger partial charge is 0.493 e. The van der Waals surface area contributed by atoms with Crippen molar-refractivity contribution in [3.63, 3.8) is 0 Å². The van der Waals surface area contributed by atoms with E-state index in [0.29, 0.717) is 74.3 Å². The van der Waals surface area contributed by atoms with Crippen molar-refractivity contribution in [3.05, 3.63) is 71.8 Å². The van der Waals surface area contributed by atoms with Crippen molar-refractivity contribution in [1.29, 1.82) is 0 Å². The number of ether oxygens (including phenoxy) is 6. The van der Waals surface area contributed by atoms with Crippen LogP contribution in [0.5, 0.6) is 23.0 Å². The van der Waals surface area contributed by atoms with Gasteiger partial charge in [0.1, 0.15) is 0 Å². The van der Waals surface area contributed by atoms with Crippen LogP contribution in [0.15, 0.2) is 60.7 Å². The minimum atomic E-state index is -0.633. The fourth-order valence-electron chi connectivity index (χ4n) is 7.57. The van der Waals surface area contributed by atoms with Gasteiger partial charge in [0.15, 0.2) is 28.8 Å². The van der Waals surface area contributed by atoms with E-state index in [4.69, 9.17) is 28.4 Å². The van der Waals surface area contributed by atoms with Crippen molar-refractivity contribution in [3.8, 4) is 23.0 Å². The second-order valence-electron chi connectivity index (χ2n) is 18.8. The van der Waals surface area contributed by atoms with Crippen LogP contribution in [0, 0.1) is 47.3 Å². The number of aliphatic hydroxyl groups is 1. The Bertz CT molecular complexity index is 1750. The molecule has 0 heterocycles. The van der Waals surface area contributed by atoms with Crippen LogP contribution >= 0.6 is 0 Å². The van der Waals surface area contributed by atoms with Crippen LogP contribution in [0.4, 0.5) is 0 Å². The van der Waals surface area contributed by atoms with Crippen molar-refractivity contribution in [2.24, 2.45) is 47.3 Å². The van der Waals surface area contributed by atoms with Crippen molar-refractivity contribution in [2.75, 3.05) is 83.1 Å². The number of methoxy groups -OCH3 is 4. The van der Waals surface area contributed by atoms with Crippen LogP contribution in [-0.2, 0) is 19.1 Å². The third-order valence-corrected chi connectivity index (χ3v) is 11.9. The Hall–Kier alpha value is -4.39. The minimum Gasteiger partial charge on any atom is -0.493 e. The monoisotopic (exact) mass is 925 g/mol. The van der Waals surface area contributed by atoms with Gasteiger partial charge in [-0.05, 0) is 91.2 Å². The van der Waals surface area contributed by atoms with Gasteiger partial charge in [-0.3, -0.25) is 14.4 Å². The molecule has 0 saturated heterocycles. The molecular weight excluding hydrogens is 837 g/mol. The van der Waals surface area contributed by atoms with Crippen LogP contribution in [0.2, 0.25) is 0 Å². The van der Waals surface area contributed by atoms with Gasteiger partial charge in [-0.25, -0.2) is 0 Å². The summed E-state index contributed by atoms with van der Waals surface area (Å²) >= 11 is 0. The second kappa shape index (κ2) is 32.3. The van der Waals surface area contributed by atoms with Crippen molar-refractivity contribution >= 4 is 17.6 Å². The lowest BCUT2D eigenvalue weighted by Crippen LogP contribution is -2.32. The molecule has 0 saturated carbocycles. The number of carbonyl (C=O) groups excluding carboxylic acids is 3. The molecule has 2 aromatic carbocycles. The molecule has 374 valence electrons. The Balaban J connectivity index is 0.000000660. The van der Waals surface area contributed by atoms with E-state index in [2.05, 4.69) is 67.5 Å². The molecule has 2 aromatic rings. The molecule has 66 heavy (non-hydrogen) atoms. The van der Waals surface area contributed by atoms with Crippen LogP contribution in [0.1, 0.15) is 116 Å². The molecule has 0 aliphatic carbocycles. The number of amides is 2. The molecular formula is C54H88N2O10. The van der Waals surface area contributed by atoms with Crippen LogP contribution in [-0.4, -0.2) is 116 Å². The number of allylic oxidation sites excluding steroid dienone is 4. The van der Waals surface area contributed by atoms with E-state index in [9.17, 15) is 19.5 Å². The predicted molar refractivity (Wildman–Crippen MR) is 267 cm³/mol. The first-order valence-electron chi connectivity index (χ1n) is 23.8. The highest BCUT2D eigenvalue weighted by molar-refractivity contribution is 5.98. The average Bonchev–Trinajstić information content (AvgIpc) is 3.27. The topological polar surface area (TPSA) is 133 Å². The summed E-state index contributed by atoms with van der Waals surface area (Å²) in [6, 6.07) is 11.0. The third-order valence-electron chi connectivity index (χ3n) is 11.9. The lowest BCUT2D eigenvalue weighted by molar-refractivity contribution is -0.135. The maximum Gasteiger partial charge on any atom is 0.225 e. The highest BCUT2D eigenvalue weighted by Gasteiger charge is 2.27. The number of hydrogen-bond donors (Lipinski definition) is 1. The molecule has 0 aliphatic heterocycles. The molecule has 2 amide bonds. The summed E-state index contributed by atoms with van der Waals surface area (Å²) in [5.74, 6) is 3.64. The molecule has 12 nitrogen and oxygen atoms in total. The van der Waals surface area contributed by atoms with Gasteiger partial charge in [0.05, 0.1) is 33.5 Å². The Labute approximate surface area is 399 Å². The summed E-state index contributed by atoms with van der Waals surface area (Å²) in [7, 11) is 13.7. The summed E-state index contributed by atoms with van der Waals surface area (Å²) in [6.07, 6.45) is 11.9. The molecule has 0 aliphatic rings. The lowest BCUT2D eigenvalue weighted by Gasteiger charge is -2.26. The molecule has 0 fully saturated rings. The Kier molecular flexibility index (Phi) is 29.2. The Morgan fingerprint density at radius 1 is 0.530 bits per heavy atom. The summed E-state index contributed by atoms with van der Waals surface area (Å²) in [5, 5.41) is 11.2. The SMILES string of the molecule is COCCCOc1cc(C(=O)[C@@H](C/C=C/C[C@H](C(=O)N(C)C)C(C)C)C(C)C)ccc1OC.COCCCOc1cc(C(O)[C@@H](C/C=C/C[C@H](C(=O)N(C)C)C(C)C)C(C)C)ccc1OC. The zero-order valence-corrected chi connectivity index (χ0v) is 43.6. The summed E-state index contributed by atoms with van der Waals surface area (Å²) in [6.45, 7) is 18.9. The lowest BCUT2D eigenvalue weighted by atomic mass is 9.83. The highest BCUT2D eigenvalue weighted by Crippen LogP contribution is 2.37. The Morgan fingerprint density at radius 2 is 0.939 bits per heavy atom. The normalized spacial score (nSPS) is 14.0. The molecule has 1 unspecified atom stereocenters. The van der Waals surface area contributed by atoms with E-state index in [0.717, 1.165) is 24.8 Å². The van der Waals surface area contributed by atoms with E-state index < -0.39 is 6.10 Å². The first-order valence-corrected chi connectivity index (χ1v) is 23.8. The average molecular weight is 925 g/mol. The molecule has 1 N–H and O–H groups in total. The van der Waals surface area contributed by atoms with E-state index in [1.165, 1.54) is 0 Å². The predicted octanol–water partition coefficient (Wildman–Crippen LogP) is 10.4. The van der Waals surface area contributed by atoms with Gasteiger partial charge in [0, 0.05) is 91.8 Å². The molecule has 0 aromatic heterocycles. The fourth-order valence-corrected chi connectivity index (χ4v) is 7.57. The van der Waals surface area contributed by atoms with E-state index in [-0.39, 0.29) is 64.9 Å². The zero-order valence-electron chi connectivity index (χ0n) is 43.6. The molecule has 5 atom stereocenters. The fraction of sp³-hybridized carbons (Fsp3) is 0.648. The molecule has 0 radical (unpaired) electrons. The van der Waals surface area contributed by atoms with Gasteiger partial charge in [-0.15, -0.1) is 0 Å². The van der Waals surface area contributed by atoms with E-state index in [1.54, 1.807) is 84.6 Å². The van der Waals surface area contributed by atoms with E-state index >= 15 is 0 Å². The highest BCUT2D eigenvalue weighted by atomic mass is 16.5. The molecule has 0 bridgehead atoms. The number of aliphatic hydroxyl groups excluding tert-OH is 1. The second-order valence-corrected chi connectivity index (χ2v) is 18.8. The van der Waals surface area contributed by atoms with Gasteiger partial charge in [0.25, 0.3) is 0 Å². The van der Waals surface area contributed by atoms with Gasteiger partial charge in [-0.1, -0.05) is 85.8 Å². The number of nitrogens with zero attached hydrogens (tertiary/aromatic N) is 2. The number of hydrogen-bond acceptors (Lipinski definition) is 10. The van der Waals surface area contributed by atoms with Gasteiger partial charge in [-0.2, -0.15) is 0 Å². The third kappa shape index (κ3) is 20.6. The molecule has 12 heteroatoms. The van der Waals surface area contributed by atoms with Gasteiger partial charge >= 0.3 is 0 Å². The summed E-state index contributed by atoms with van der Waals surface area (Å²) in [4.78, 5) is 41.5. The van der Waals surface area contributed by atoms with Gasteiger partial charge < -0.3 is 43.3 Å². The van der Waals surface area contributed by atoms with Crippen LogP contribution in [0.25, 0.3) is 0 Å². The zero-order chi connectivity index (χ0) is 49.9. The maximum atomic E-state index is 13.3. The number of ketones is 1. The summed E-state index contributed by atoms with van der Waals surface area (Å²) in [5.41, 5.74) is 1.43. The van der Waals surface area contributed by atoms with Crippen molar-refractivity contribution in [1.82, 2.24) is 9.80 Å². The quantitative estimate of drug-likeness (QED) is 0.0459. The van der Waals surface area contributed by atoms with Crippen LogP contribution < -0.4 is 18.9 Å². The van der Waals surface area contributed by atoms with E-state index in [1.807, 2.05) is 30.4 Å². The smallest absolute Gasteiger partial charge is 0.225 e. The van der Waals surface area contributed by atoms with Crippen LogP contribution in [0.3, 0.4) is 0 Å². The molecule has 0 spiro atoms. The first kappa shape index (κ1) is 59.6. The number of benzene rings is 2. The minimum absolute atomic E-state index is 0.0296. The van der Waals surface area contributed by atoms with Crippen molar-refractivity contribution < 1.29 is 47.9 Å². The number of Topliss-reactive ketones (excluding diaryl/α,β-unsaturated/α-hetero) is 1. The van der Waals surface area contributed by atoms with Crippen molar-refractivity contribution in [2.45, 2.75) is 100 Å².